The van der Waals surface area contributed by atoms with Crippen LogP contribution >= 0.6 is 35.0 Å². The molecule has 8 nitrogen and oxygen atoms in total. The number of benzene rings is 1. The SMILES string of the molecule is CCOC(=O)[C@@H](C)N1C(=O)S/C(=C\c2cc(Cl)c(OCC(=O)OC)c(Cl)c2)C1=O. The highest BCUT2D eigenvalue weighted by molar-refractivity contribution is 8.18. The molecule has 0 spiro atoms. The summed E-state index contributed by atoms with van der Waals surface area (Å²) in [5.74, 6) is -1.82. The number of imide groups is 1. The first-order valence-corrected chi connectivity index (χ1v) is 9.89. The summed E-state index contributed by atoms with van der Waals surface area (Å²) in [7, 11) is 1.22. The van der Waals surface area contributed by atoms with Gasteiger partial charge in [0.1, 0.15) is 6.04 Å². The number of carbonyl (C=O) groups excluding carboxylic acids is 4. The molecule has 1 aliphatic rings. The Bertz CT molecular complexity index is 864. The van der Waals surface area contributed by atoms with Gasteiger partial charge in [-0.25, -0.2) is 9.59 Å². The zero-order chi connectivity index (χ0) is 21.7. The van der Waals surface area contributed by atoms with E-state index in [4.69, 9.17) is 32.7 Å². The molecular weight excluding hydrogens is 445 g/mol. The standard InChI is InChI=1S/C18H17Cl2NO7S/c1-4-27-17(24)9(2)21-16(23)13(29-18(21)25)7-10-5-11(19)15(12(20)6-10)28-8-14(22)26-3/h5-7,9H,4,8H2,1-3H3/b13-7-/t9-/m1/s1. The molecule has 0 unspecified atom stereocenters. The van der Waals surface area contributed by atoms with Crippen LogP contribution in [0.4, 0.5) is 4.79 Å². The molecule has 11 heteroatoms. The summed E-state index contributed by atoms with van der Waals surface area (Å²) >= 11 is 13.0. The van der Waals surface area contributed by atoms with Gasteiger partial charge in [0.2, 0.25) is 0 Å². The van der Waals surface area contributed by atoms with Crippen molar-refractivity contribution in [2.75, 3.05) is 20.3 Å². The molecule has 1 aromatic carbocycles. The van der Waals surface area contributed by atoms with Gasteiger partial charge in [-0.3, -0.25) is 14.5 Å². The van der Waals surface area contributed by atoms with Gasteiger partial charge in [-0.15, -0.1) is 0 Å². The van der Waals surface area contributed by atoms with Crippen molar-refractivity contribution in [3.63, 3.8) is 0 Å². The van der Waals surface area contributed by atoms with E-state index >= 15 is 0 Å². The normalized spacial score (nSPS) is 16.2. The molecule has 1 saturated heterocycles. The quantitative estimate of drug-likeness (QED) is 0.448. The number of amides is 2. The third-order valence-corrected chi connectivity index (χ3v) is 5.16. The largest absolute Gasteiger partial charge is 0.479 e. The molecule has 156 valence electrons. The Balaban J connectivity index is 2.24. The number of methoxy groups -OCH3 is 1. The lowest BCUT2D eigenvalue weighted by Crippen LogP contribution is -2.42. The highest BCUT2D eigenvalue weighted by Crippen LogP contribution is 2.38. The average molecular weight is 462 g/mol. The molecule has 0 N–H and O–H groups in total. The monoisotopic (exact) mass is 461 g/mol. The second-order valence-electron chi connectivity index (χ2n) is 5.66. The fourth-order valence-corrected chi connectivity index (χ4v) is 3.85. The van der Waals surface area contributed by atoms with Crippen molar-refractivity contribution in [1.29, 1.82) is 0 Å². The van der Waals surface area contributed by atoms with Gasteiger partial charge in [0.05, 0.1) is 28.7 Å². The van der Waals surface area contributed by atoms with Gasteiger partial charge in [0, 0.05) is 0 Å². The average Bonchev–Trinajstić information content (AvgIpc) is 2.93. The predicted octanol–water partition coefficient (Wildman–Crippen LogP) is 3.53. The van der Waals surface area contributed by atoms with Crippen LogP contribution in [-0.4, -0.2) is 54.4 Å². The summed E-state index contributed by atoms with van der Waals surface area (Å²) in [6, 6.07) is 1.88. The zero-order valence-corrected chi connectivity index (χ0v) is 18.0. The van der Waals surface area contributed by atoms with Gasteiger partial charge in [0.25, 0.3) is 11.1 Å². The minimum absolute atomic E-state index is 0.0833. The molecule has 0 aliphatic carbocycles. The fraction of sp³-hybridized carbons (Fsp3) is 0.333. The van der Waals surface area contributed by atoms with E-state index in [2.05, 4.69) is 4.74 Å². The van der Waals surface area contributed by atoms with E-state index in [0.717, 1.165) is 4.90 Å². The van der Waals surface area contributed by atoms with Crippen molar-refractivity contribution in [2.45, 2.75) is 19.9 Å². The fourth-order valence-electron chi connectivity index (χ4n) is 2.32. The Labute approximate surface area is 181 Å². The lowest BCUT2D eigenvalue weighted by Gasteiger charge is -2.19. The number of thioether (sulfide) groups is 1. The molecule has 29 heavy (non-hydrogen) atoms. The number of esters is 2. The van der Waals surface area contributed by atoms with Crippen molar-refractivity contribution in [3.05, 3.63) is 32.6 Å². The molecule has 1 aromatic rings. The van der Waals surface area contributed by atoms with Crippen LogP contribution < -0.4 is 4.74 Å². The molecule has 0 radical (unpaired) electrons. The van der Waals surface area contributed by atoms with Gasteiger partial charge in [-0.05, 0) is 49.4 Å². The Morgan fingerprint density at radius 2 is 1.86 bits per heavy atom. The van der Waals surface area contributed by atoms with E-state index in [0.29, 0.717) is 17.3 Å². The number of rotatable bonds is 7. The van der Waals surface area contributed by atoms with Crippen molar-refractivity contribution < 1.29 is 33.4 Å². The molecule has 1 atom stereocenters. The number of ether oxygens (including phenoxy) is 3. The molecule has 0 bridgehead atoms. The first-order chi connectivity index (χ1) is 13.7. The van der Waals surface area contributed by atoms with Crippen LogP contribution in [0.25, 0.3) is 6.08 Å². The van der Waals surface area contributed by atoms with Crippen molar-refractivity contribution in [3.8, 4) is 5.75 Å². The zero-order valence-electron chi connectivity index (χ0n) is 15.7. The van der Waals surface area contributed by atoms with E-state index < -0.39 is 29.1 Å². The van der Waals surface area contributed by atoms with Gasteiger partial charge in [0.15, 0.2) is 12.4 Å². The van der Waals surface area contributed by atoms with Crippen molar-refractivity contribution >= 4 is 64.1 Å². The first-order valence-electron chi connectivity index (χ1n) is 8.31. The van der Waals surface area contributed by atoms with Gasteiger partial charge >= 0.3 is 11.9 Å². The third kappa shape index (κ3) is 5.43. The summed E-state index contributed by atoms with van der Waals surface area (Å²) in [6.07, 6.45) is 1.42. The first kappa shape index (κ1) is 23.1. The maximum atomic E-state index is 12.6. The number of carbonyl (C=O) groups is 4. The van der Waals surface area contributed by atoms with Crippen molar-refractivity contribution in [1.82, 2.24) is 4.90 Å². The maximum Gasteiger partial charge on any atom is 0.343 e. The van der Waals surface area contributed by atoms with Gasteiger partial charge in [-0.1, -0.05) is 23.2 Å². The molecule has 2 amide bonds. The Morgan fingerprint density at radius 1 is 1.24 bits per heavy atom. The lowest BCUT2D eigenvalue weighted by molar-refractivity contribution is -0.150. The summed E-state index contributed by atoms with van der Waals surface area (Å²) in [5.41, 5.74) is 0.430. The summed E-state index contributed by atoms with van der Waals surface area (Å²) in [6.45, 7) is 2.80. The van der Waals surface area contributed by atoms with Gasteiger partial charge in [-0.2, -0.15) is 0 Å². The highest BCUT2D eigenvalue weighted by Gasteiger charge is 2.41. The van der Waals surface area contributed by atoms with Crippen LogP contribution in [0.3, 0.4) is 0 Å². The molecule has 2 rings (SSSR count). The van der Waals surface area contributed by atoms with E-state index in [1.165, 1.54) is 32.2 Å². The maximum absolute atomic E-state index is 12.6. The number of nitrogens with zero attached hydrogens (tertiary/aromatic N) is 1. The molecular formula is C18H17Cl2NO7S. The summed E-state index contributed by atoms with van der Waals surface area (Å²) in [5, 5.41) is -0.379. The number of hydrogen-bond acceptors (Lipinski definition) is 8. The third-order valence-electron chi connectivity index (χ3n) is 3.72. The summed E-state index contributed by atoms with van der Waals surface area (Å²) < 4.78 is 14.6. The minimum Gasteiger partial charge on any atom is -0.479 e. The van der Waals surface area contributed by atoms with Crippen LogP contribution in [-0.2, 0) is 23.9 Å². The lowest BCUT2D eigenvalue weighted by atomic mass is 10.2. The molecule has 1 heterocycles. The topological polar surface area (TPSA) is 99.2 Å². The second-order valence-corrected chi connectivity index (χ2v) is 7.47. The van der Waals surface area contributed by atoms with E-state index in [1.54, 1.807) is 6.92 Å². The summed E-state index contributed by atoms with van der Waals surface area (Å²) in [4.78, 5) is 48.8. The predicted molar refractivity (Wildman–Crippen MR) is 108 cm³/mol. The van der Waals surface area contributed by atoms with Gasteiger partial charge < -0.3 is 14.2 Å². The minimum atomic E-state index is -1.05. The van der Waals surface area contributed by atoms with Crippen LogP contribution in [0.5, 0.6) is 5.75 Å². The van der Waals surface area contributed by atoms with Crippen LogP contribution in [0, 0.1) is 0 Å². The van der Waals surface area contributed by atoms with Crippen LogP contribution in [0.1, 0.15) is 19.4 Å². The van der Waals surface area contributed by atoms with Crippen molar-refractivity contribution in [2.24, 2.45) is 0 Å². The van der Waals surface area contributed by atoms with E-state index in [-0.39, 0.29) is 33.9 Å². The molecule has 0 saturated carbocycles. The van der Waals surface area contributed by atoms with E-state index in [1.807, 2.05) is 0 Å². The smallest absolute Gasteiger partial charge is 0.343 e. The van der Waals surface area contributed by atoms with Crippen LogP contribution in [0.15, 0.2) is 17.0 Å². The Hall–Kier alpha value is -2.23. The molecule has 1 aliphatic heterocycles. The molecule has 0 aromatic heterocycles. The highest BCUT2D eigenvalue weighted by atomic mass is 35.5. The van der Waals surface area contributed by atoms with Crippen LogP contribution in [0.2, 0.25) is 10.0 Å². The molecule has 1 fully saturated rings. The number of halogens is 2. The Kier molecular flexibility index (Phi) is 7.95. The second kappa shape index (κ2) is 10.00. The van der Waals surface area contributed by atoms with E-state index in [9.17, 15) is 19.2 Å². The Morgan fingerprint density at radius 3 is 2.41 bits per heavy atom. The number of hydrogen-bond donors (Lipinski definition) is 0.